The lowest BCUT2D eigenvalue weighted by molar-refractivity contribution is 0.00402. The third-order valence-corrected chi connectivity index (χ3v) is 8.18. The Kier molecular flexibility index (Phi) is 7.07. The van der Waals surface area contributed by atoms with Gasteiger partial charge in [-0.25, -0.2) is 4.98 Å². The molecule has 1 aromatic carbocycles. The molecule has 194 valence electrons. The first-order chi connectivity index (χ1) is 18.2. The molecule has 3 aromatic rings. The zero-order chi connectivity index (χ0) is 25.2. The van der Waals surface area contributed by atoms with Gasteiger partial charge in [0.2, 0.25) is 0 Å². The van der Waals surface area contributed by atoms with Gasteiger partial charge in [0.1, 0.15) is 17.4 Å². The first-order valence-electron chi connectivity index (χ1n) is 13.9. The predicted octanol–water partition coefficient (Wildman–Crippen LogP) is 5.15. The van der Waals surface area contributed by atoms with Crippen LogP contribution in [-0.4, -0.2) is 65.3 Å². The first kappa shape index (κ1) is 24.3. The van der Waals surface area contributed by atoms with Crippen LogP contribution in [-0.2, 0) is 4.74 Å². The number of fused-ring (bicyclic) bond motifs is 2. The van der Waals surface area contributed by atoms with Crippen molar-refractivity contribution in [1.82, 2.24) is 24.8 Å². The van der Waals surface area contributed by atoms with Crippen LogP contribution in [0, 0.1) is 5.92 Å². The third kappa shape index (κ3) is 4.94. The van der Waals surface area contributed by atoms with Crippen LogP contribution in [0.1, 0.15) is 62.5 Å². The van der Waals surface area contributed by atoms with Gasteiger partial charge in [-0.05, 0) is 51.2 Å². The van der Waals surface area contributed by atoms with E-state index in [1.54, 1.807) is 0 Å². The van der Waals surface area contributed by atoms with Gasteiger partial charge in [-0.15, -0.1) is 0 Å². The van der Waals surface area contributed by atoms with Gasteiger partial charge in [-0.3, -0.25) is 14.9 Å². The van der Waals surface area contributed by atoms with E-state index in [0.29, 0.717) is 17.9 Å². The summed E-state index contributed by atoms with van der Waals surface area (Å²) < 4.78 is 8.57. The number of aliphatic imine (C=N–C) groups is 1. The quantitative estimate of drug-likeness (QED) is 0.476. The molecular formula is C30H38N6O. The molecular weight excluding hydrogens is 460 g/mol. The van der Waals surface area contributed by atoms with E-state index >= 15 is 0 Å². The Morgan fingerprint density at radius 1 is 1.16 bits per heavy atom. The molecule has 1 N–H and O–H groups in total. The number of amidine groups is 1. The topological polar surface area (TPSA) is 67.6 Å². The number of ether oxygens (including phenoxy) is 1. The van der Waals surface area contributed by atoms with E-state index in [1.165, 1.54) is 25.1 Å². The summed E-state index contributed by atoms with van der Waals surface area (Å²) in [6.45, 7) is 6.82. The zero-order valence-electron chi connectivity index (χ0n) is 22.1. The molecule has 6 rings (SSSR count). The van der Waals surface area contributed by atoms with Gasteiger partial charge >= 0.3 is 0 Å². The van der Waals surface area contributed by atoms with E-state index in [0.717, 1.165) is 79.5 Å². The Bertz CT molecular complexity index is 1300. The monoisotopic (exact) mass is 498 g/mol. The van der Waals surface area contributed by atoms with Crippen molar-refractivity contribution in [3.63, 3.8) is 0 Å². The van der Waals surface area contributed by atoms with E-state index in [1.807, 2.05) is 19.3 Å². The Morgan fingerprint density at radius 2 is 2.05 bits per heavy atom. The molecule has 2 atom stereocenters. The molecule has 4 heterocycles. The fraction of sp³-hybridized carbons (Fsp3) is 0.500. The summed E-state index contributed by atoms with van der Waals surface area (Å²) >= 11 is 0. The first-order valence-corrected chi connectivity index (χ1v) is 13.9. The zero-order valence-corrected chi connectivity index (χ0v) is 22.1. The summed E-state index contributed by atoms with van der Waals surface area (Å²) in [7, 11) is 1.86. The number of benzene rings is 1. The maximum atomic E-state index is 6.11. The Hall–Kier alpha value is -3.03. The van der Waals surface area contributed by atoms with Crippen molar-refractivity contribution >= 4 is 16.7 Å². The Morgan fingerprint density at radius 3 is 2.86 bits per heavy atom. The number of hydrogen-bond donors (Lipinski definition) is 1. The lowest BCUT2D eigenvalue weighted by Crippen LogP contribution is -2.40. The van der Waals surface area contributed by atoms with E-state index < -0.39 is 0 Å². The van der Waals surface area contributed by atoms with Gasteiger partial charge in [0.25, 0.3) is 0 Å². The van der Waals surface area contributed by atoms with Crippen LogP contribution in [0.3, 0.4) is 0 Å². The summed E-state index contributed by atoms with van der Waals surface area (Å²) in [6.07, 6.45) is 12.5. The number of pyridine rings is 1. The van der Waals surface area contributed by atoms with Gasteiger partial charge < -0.3 is 14.6 Å². The number of hydrogen-bond acceptors (Lipinski definition) is 5. The highest BCUT2D eigenvalue weighted by Gasteiger charge is 2.33. The van der Waals surface area contributed by atoms with Crippen LogP contribution in [0.2, 0.25) is 0 Å². The van der Waals surface area contributed by atoms with Crippen molar-refractivity contribution in [2.24, 2.45) is 10.9 Å². The van der Waals surface area contributed by atoms with E-state index in [9.17, 15) is 0 Å². The van der Waals surface area contributed by atoms with Crippen molar-refractivity contribution in [3.8, 4) is 11.3 Å². The van der Waals surface area contributed by atoms with Gasteiger partial charge in [0.05, 0.1) is 30.6 Å². The Balaban J connectivity index is 1.23. The summed E-state index contributed by atoms with van der Waals surface area (Å²) in [5, 5.41) is 4.68. The second-order valence-corrected chi connectivity index (χ2v) is 10.8. The maximum Gasteiger partial charge on any atom is 0.147 e. The smallest absolute Gasteiger partial charge is 0.147 e. The molecule has 7 nitrogen and oxygen atoms in total. The van der Waals surface area contributed by atoms with Crippen molar-refractivity contribution in [2.75, 3.05) is 40.0 Å². The number of allylic oxidation sites excluding steroid dienone is 1. The molecule has 2 unspecified atom stereocenters. The highest BCUT2D eigenvalue weighted by atomic mass is 16.5. The van der Waals surface area contributed by atoms with Crippen LogP contribution in [0.5, 0.6) is 0 Å². The highest BCUT2D eigenvalue weighted by molar-refractivity contribution is 6.03. The third-order valence-electron chi connectivity index (χ3n) is 8.18. The van der Waals surface area contributed by atoms with Crippen molar-refractivity contribution in [3.05, 3.63) is 60.2 Å². The summed E-state index contributed by atoms with van der Waals surface area (Å²) in [5.41, 5.74) is 4.21. The summed E-state index contributed by atoms with van der Waals surface area (Å²) in [4.78, 5) is 17.0. The van der Waals surface area contributed by atoms with Crippen LogP contribution >= 0.6 is 0 Å². The van der Waals surface area contributed by atoms with E-state index in [-0.39, 0.29) is 0 Å². The standard InChI is InChI=1S/C30H38N6O/c1-21-18-33-29(31-2)28-27(25-11-10-23-9-6-14-32-26(23)17-25)34-30(36(21)28)24-12-15-35(16-13-24)20-37-19-22-7-4-3-5-8-22/h4,6-7,9-11,14,17,21-22,24H,3,5,8,12-13,15-16,18-20H2,1-2H3,(H,31,33). The van der Waals surface area contributed by atoms with Crippen LogP contribution < -0.4 is 5.32 Å². The predicted molar refractivity (Wildman–Crippen MR) is 149 cm³/mol. The van der Waals surface area contributed by atoms with E-state index in [4.69, 9.17) is 9.72 Å². The number of nitrogens with zero attached hydrogens (tertiary/aromatic N) is 5. The molecule has 2 aromatic heterocycles. The number of rotatable bonds is 6. The van der Waals surface area contributed by atoms with Gasteiger partial charge in [0.15, 0.2) is 0 Å². The number of nitrogens with one attached hydrogen (secondary N) is 1. The molecule has 0 radical (unpaired) electrons. The second-order valence-electron chi connectivity index (χ2n) is 10.8. The van der Waals surface area contributed by atoms with Crippen molar-refractivity contribution in [1.29, 1.82) is 0 Å². The molecule has 2 aliphatic heterocycles. The van der Waals surface area contributed by atoms with Crippen LogP contribution in [0.25, 0.3) is 22.2 Å². The van der Waals surface area contributed by atoms with Crippen molar-refractivity contribution in [2.45, 2.75) is 51.0 Å². The molecule has 0 saturated carbocycles. The molecule has 3 aliphatic rings. The minimum absolute atomic E-state index is 0.320. The molecule has 0 spiro atoms. The van der Waals surface area contributed by atoms with Gasteiger partial charge in [-0.2, -0.15) is 0 Å². The number of piperidine rings is 1. The normalized spacial score (nSPS) is 23.9. The average molecular weight is 499 g/mol. The molecule has 0 bridgehead atoms. The number of aromatic nitrogens is 3. The van der Waals surface area contributed by atoms with Crippen molar-refractivity contribution < 1.29 is 4.74 Å². The highest BCUT2D eigenvalue weighted by Crippen LogP contribution is 2.37. The fourth-order valence-electron chi connectivity index (χ4n) is 6.10. The number of likely N-dealkylation sites (tertiary alicyclic amines) is 1. The average Bonchev–Trinajstić information content (AvgIpc) is 3.36. The number of imidazole rings is 1. The molecule has 37 heavy (non-hydrogen) atoms. The van der Waals surface area contributed by atoms with Gasteiger partial charge in [-0.1, -0.05) is 30.4 Å². The molecule has 1 fully saturated rings. The van der Waals surface area contributed by atoms with E-state index in [2.05, 4.69) is 68.1 Å². The molecule has 7 heteroatoms. The summed E-state index contributed by atoms with van der Waals surface area (Å²) in [5.74, 6) is 3.16. The van der Waals surface area contributed by atoms with Gasteiger partial charge in [0, 0.05) is 55.7 Å². The van der Waals surface area contributed by atoms with Crippen LogP contribution in [0.15, 0.2) is 53.7 Å². The fourth-order valence-corrected chi connectivity index (χ4v) is 6.10. The lowest BCUT2D eigenvalue weighted by Gasteiger charge is -2.34. The minimum atomic E-state index is 0.320. The molecule has 1 saturated heterocycles. The Labute approximate surface area is 219 Å². The molecule has 1 aliphatic carbocycles. The maximum absolute atomic E-state index is 6.11. The second kappa shape index (κ2) is 10.8. The lowest BCUT2D eigenvalue weighted by atomic mass is 9.95. The molecule has 0 amide bonds. The summed E-state index contributed by atoms with van der Waals surface area (Å²) in [6, 6.07) is 10.9. The van der Waals surface area contributed by atoms with Crippen LogP contribution in [0.4, 0.5) is 0 Å². The largest absolute Gasteiger partial charge is 0.367 e. The minimum Gasteiger partial charge on any atom is -0.367 e. The SMILES string of the molecule is CN=C1NCC(C)n2c(C3CCN(COCC4C=CCCC4)CC3)nc(-c3ccc4cccnc4c3)c21.